The molecule has 4 saturated carbocycles. The monoisotopic (exact) mass is 257 g/mol. The fourth-order valence-corrected chi connectivity index (χ4v) is 5.14. The number of amides is 1. The molecule has 0 aromatic carbocycles. The number of halogens is 2. The normalized spacial score (nSPS) is 43.2. The summed E-state index contributed by atoms with van der Waals surface area (Å²) >= 11 is 0. The van der Waals surface area contributed by atoms with Crippen molar-refractivity contribution in [1.82, 2.24) is 5.32 Å². The summed E-state index contributed by atoms with van der Waals surface area (Å²) in [6.45, 7) is 1.92. The van der Waals surface area contributed by atoms with Gasteiger partial charge in [0.1, 0.15) is 0 Å². The van der Waals surface area contributed by atoms with E-state index in [4.69, 9.17) is 0 Å². The Balaban J connectivity index is 1.73. The molecule has 102 valence electrons. The van der Waals surface area contributed by atoms with Crippen LogP contribution in [0.15, 0.2) is 0 Å². The van der Waals surface area contributed by atoms with Gasteiger partial charge in [-0.3, -0.25) is 4.79 Å². The molecule has 0 saturated heterocycles. The summed E-state index contributed by atoms with van der Waals surface area (Å²) in [4.78, 5) is 11.2. The van der Waals surface area contributed by atoms with Gasteiger partial charge in [-0.1, -0.05) is 0 Å². The van der Waals surface area contributed by atoms with Gasteiger partial charge in [0, 0.05) is 6.04 Å². The Kier molecular flexibility index (Phi) is 2.87. The van der Waals surface area contributed by atoms with Crippen molar-refractivity contribution in [2.45, 2.75) is 57.9 Å². The first-order valence-corrected chi connectivity index (χ1v) is 7.07. The minimum absolute atomic E-state index is 0.104. The van der Waals surface area contributed by atoms with Crippen LogP contribution < -0.4 is 5.32 Å². The molecular formula is C14H21F2NO. The lowest BCUT2D eigenvalue weighted by atomic mass is 9.48. The highest BCUT2D eigenvalue weighted by molar-refractivity contribution is 5.79. The van der Waals surface area contributed by atoms with Crippen molar-refractivity contribution in [1.29, 1.82) is 0 Å². The zero-order chi connectivity index (χ0) is 12.9. The highest BCUT2D eigenvalue weighted by Crippen LogP contribution is 2.61. The average Bonchev–Trinajstić information content (AvgIpc) is 2.26. The summed E-state index contributed by atoms with van der Waals surface area (Å²) in [5, 5.41) is 2.55. The molecule has 0 radical (unpaired) electrons. The van der Waals surface area contributed by atoms with Gasteiger partial charge in [-0.05, 0) is 68.6 Å². The van der Waals surface area contributed by atoms with Crippen LogP contribution in [0.5, 0.6) is 0 Å². The molecule has 1 atom stereocenters. The van der Waals surface area contributed by atoms with Crippen LogP contribution in [0.3, 0.4) is 0 Å². The Morgan fingerprint density at radius 3 is 1.94 bits per heavy atom. The lowest BCUT2D eigenvalue weighted by Crippen LogP contribution is -2.56. The average molecular weight is 257 g/mol. The standard InChI is InChI=1S/C14H21F2NO/c1-8(17-13(18)12(15)16)14-5-9-2-10(6-14)4-11(3-9)7-14/h8-12H,2-7H2,1H3,(H,17,18). The van der Waals surface area contributed by atoms with Crippen molar-refractivity contribution in [2.75, 3.05) is 0 Å². The zero-order valence-electron chi connectivity index (χ0n) is 10.8. The predicted molar refractivity (Wildman–Crippen MR) is 64.2 cm³/mol. The van der Waals surface area contributed by atoms with E-state index in [1.165, 1.54) is 19.3 Å². The molecule has 4 rings (SSSR count). The molecule has 4 fully saturated rings. The summed E-state index contributed by atoms with van der Waals surface area (Å²) in [7, 11) is 0. The van der Waals surface area contributed by atoms with Crippen LogP contribution in [0.4, 0.5) is 8.78 Å². The third-order valence-corrected chi connectivity index (χ3v) is 5.56. The van der Waals surface area contributed by atoms with E-state index in [1.807, 2.05) is 6.92 Å². The Labute approximate surface area is 107 Å². The first-order valence-electron chi connectivity index (χ1n) is 7.07. The molecule has 0 aliphatic heterocycles. The molecule has 4 heteroatoms. The molecule has 18 heavy (non-hydrogen) atoms. The van der Waals surface area contributed by atoms with Gasteiger partial charge in [-0.25, -0.2) is 0 Å². The van der Waals surface area contributed by atoms with Gasteiger partial charge >= 0.3 is 6.43 Å². The summed E-state index contributed by atoms with van der Waals surface area (Å²) in [5.41, 5.74) is 0.110. The second kappa shape index (κ2) is 4.17. The Bertz CT molecular complexity index is 320. The Morgan fingerprint density at radius 1 is 1.11 bits per heavy atom. The van der Waals surface area contributed by atoms with E-state index < -0.39 is 12.3 Å². The Morgan fingerprint density at radius 2 is 1.56 bits per heavy atom. The predicted octanol–water partition coefficient (Wildman–Crippen LogP) is 2.97. The molecule has 4 aliphatic carbocycles. The topological polar surface area (TPSA) is 29.1 Å². The summed E-state index contributed by atoms with van der Waals surface area (Å²) in [5.74, 6) is 1.24. The molecule has 0 aromatic heterocycles. The van der Waals surface area contributed by atoms with Crippen LogP contribution in [0.1, 0.15) is 45.4 Å². The highest BCUT2D eigenvalue weighted by atomic mass is 19.3. The van der Waals surface area contributed by atoms with Crippen LogP contribution in [0, 0.1) is 23.2 Å². The minimum Gasteiger partial charge on any atom is -0.348 e. The number of rotatable bonds is 3. The molecule has 4 bridgehead atoms. The number of carbonyl (C=O) groups is 1. The summed E-state index contributed by atoms with van der Waals surface area (Å²) in [6, 6.07) is -0.104. The molecular weight excluding hydrogens is 236 g/mol. The van der Waals surface area contributed by atoms with Gasteiger partial charge < -0.3 is 5.32 Å². The largest absolute Gasteiger partial charge is 0.348 e. The number of nitrogens with one attached hydrogen (secondary N) is 1. The number of alkyl halides is 2. The van der Waals surface area contributed by atoms with Crippen LogP contribution in [0.25, 0.3) is 0 Å². The molecule has 1 unspecified atom stereocenters. The van der Waals surface area contributed by atoms with Crippen molar-refractivity contribution in [2.24, 2.45) is 23.2 Å². The number of hydrogen-bond donors (Lipinski definition) is 1. The Hall–Kier alpha value is -0.670. The smallest absolute Gasteiger partial charge is 0.315 e. The van der Waals surface area contributed by atoms with E-state index in [-0.39, 0.29) is 11.5 Å². The van der Waals surface area contributed by atoms with Gasteiger partial charge in [0.15, 0.2) is 0 Å². The van der Waals surface area contributed by atoms with E-state index in [9.17, 15) is 13.6 Å². The molecule has 0 aromatic rings. The maximum Gasteiger partial charge on any atom is 0.315 e. The maximum atomic E-state index is 12.3. The lowest BCUT2D eigenvalue weighted by molar-refractivity contribution is -0.136. The lowest BCUT2D eigenvalue weighted by Gasteiger charge is -2.59. The van der Waals surface area contributed by atoms with Crippen molar-refractivity contribution in [3.63, 3.8) is 0 Å². The second-order valence-electron chi connectivity index (χ2n) is 6.81. The van der Waals surface area contributed by atoms with Crippen molar-refractivity contribution in [3.8, 4) is 0 Å². The second-order valence-corrected chi connectivity index (χ2v) is 6.81. The fourth-order valence-electron chi connectivity index (χ4n) is 5.14. The number of carbonyl (C=O) groups excluding carboxylic acids is 1. The van der Waals surface area contributed by atoms with E-state index >= 15 is 0 Å². The first kappa shape index (κ1) is 12.4. The van der Waals surface area contributed by atoms with Crippen LogP contribution in [-0.2, 0) is 4.79 Å². The third kappa shape index (κ3) is 1.94. The third-order valence-electron chi connectivity index (χ3n) is 5.56. The van der Waals surface area contributed by atoms with Gasteiger partial charge in [0.2, 0.25) is 0 Å². The van der Waals surface area contributed by atoms with E-state index in [1.54, 1.807) is 0 Å². The molecule has 1 N–H and O–H groups in total. The van der Waals surface area contributed by atoms with Gasteiger partial charge in [-0.15, -0.1) is 0 Å². The quantitative estimate of drug-likeness (QED) is 0.827. The highest BCUT2D eigenvalue weighted by Gasteiger charge is 2.53. The molecule has 1 amide bonds. The maximum absolute atomic E-state index is 12.3. The zero-order valence-corrected chi connectivity index (χ0v) is 10.8. The summed E-state index contributed by atoms with van der Waals surface area (Å²) in [6.07, 6.45) is 4.48. The van der Waals surface area contributed by atoms with Crippen LogP contribution in [-0.4, -0.2) is 18.4 Å². The molecule has 0 heterocycles. The van der Waals surface area contributed by atoms with Crippen molar-refractivity contribution in [3.05, 3.63) is 0 Å². The van der Waals surface area contributed by atoms with Crippen LogP contribution >= 0.6 is 0 Å². The van der Waals surface area contributed by atoms with Gasteiger partial charge in [-0.2, -0.15) is 8.78 Å². The SMILES string of the molecule is CC(NC(=O)C(F)F)C12CC3CC(CC(C3)C1)C2. The van der Waals surface area contributed by atoms with E-state index in [0.717, 1.165) is 37.0 Å². The van der Waals surface area contributed by atoms with E-state index in [0.29, 0.717) is 0 Å². The molecule has 4 aliphatic rings. The minimum atomic E-state index is -2.89. The van der Waals surface area contributed by atoms with Crippen molar-refractivity contribution < 1.29 is 13.6 Å². The van der Waals surface area contributed by atoms with Crippen molar-refractivity contribution >= 4 is 5.91 Å². The van der Waals surface area contributed by atoms with E-state index in [2.05, 4.69) is 5.32 Å². The number of hydrogen-bond acceptors (Lipinski definition) is 1. The first-order chi connectivity index (χ1) is 8.48. The fraction of sp³-hybridized carbons (Fsp3) is 0.929. The van der Waals surface area contributed by atoms with Crippen LogP contribution in [0.2, 0.25) is 0 Å². The molecule has 0 spiro atoms. The molecule has 2 nitrogen and oxygen atoms in total. The van der Waals surface area contributed by atoms with Gasteiger partial charge in [0.25, 0.3) is 5.91 Å². The summed E-state index contributed by atoms with van der Waals surface area (Å²) < 4.78 is 24.7. The van der Waals surface area contributed by atoms with Gasteiger partial charge in [0.05, 0.1) is 0 Å².